The summed E-state index contributed by atoms with van der Waals surface area (Å²) in [4.78, 5) is 27.5. The first-order valence-corrected chi connectivity index (χ1v) is 14.0. The lowest BCUT2D eigenvalue weighted by Crippen LogP contribution is -2.52. The van der Waals surface area contributed by atoms with E-state index in [-0.39, 0.29) is 48.5 Å². The topological polar surface area (TPSA) is 86.8 Å². The van der Waals surface area contributed by atoms with Gasteiger partial charge in [-0.2, -0.15) is 0 Å². The normalized spacial score (nSPS) is 12.7. The van der Waals surface area contributed by atoms with Crippen molar-refractivity contribution < 1.29 is 22.4 Å². The van der Waals surface area contributed by atoms with E-state index in [1.54, 1.807) is 25.1 Å². The molecule has 36 heavy (non-hydrogen) atoms. The lowest BCUT2D eigenvalue weighted by atomic mass is 10.1. The second-order valence-electron chi connectivity index (χ2n) is 9.60. The fraction of sp³-hybridized carbons (Fsp3) is 0.440. The standard InChI is InChI=1S/C25H32Cl2FN3O4S/c1-17(24(33)29-25(2,3)4)30(16-18-8-11-20(28)12-9-18)23(32)7-6-14-31(36(5,34)35)22-15-19(26)10-13-21(22)27/h8-13,15,17H,6-7,14,16H2,1-5H3,(H,29,33). The van der Waals surface area contributed by atoms with E-state index in [1.165, 1.54) is 29.2 Å². The number of benzene rings is 2. The van der Waals surface area contributed by atoms with E-state index in [4.69, 9.17) is 23.2 Å². The molecule has 0 spiro atoms. The van der Waals surface area contributed by atoms with E-state index in [0.29, 0.717) is 10.6 Å². The third kappa shape index (κ3) is 8.94. The van der Waals surface area contributed by atoms with Crippen LogP contribution in [0.5, 0.6) is 0 Å². The maximum Gasteiger partial charge on any atom is 0.242 e. The Balaban J connectivity index is 2.22. The van der Waals surface area contributed by atoms with Crippen LogP contribution in [0.15, 0.2) is 42.5 Å². The van der Waals surface area contributed by atoms with Crippen molar-refractivity contribution in [2.75, 3.05) is 17.1 Å². The molecule has 0 aliphatic rings. The number of hydrogen-bond acceptors (Lipinski definition) is 4. The second kappa shape index (κ2) is 12.3. The first kappa shape index (κ1) is 29.9. The Bertz CT molecular complexity index is 1180. The molecule has 0 aromatic heterocycles. The van der Waals surface area contributed by atoms with Crippen LogP contribution in [0.3, 0.4) is 0 Å². The van der Waals surface area contributed by atoms with Crippen LogP contribution in [-0.4, -0.2) is 49.5 Å². The number of hydrogen-bond donors (Lipinski definition) is 1. The lowest BCUT2D eigenvalue weighted by molar-refractivity contribution is -0.141. The summed E-state index contributed by atoms with van der Waals surface area (Å²) >= 11 is 12.2. The Labute approximate surface area is 222 Å². The third-order valence-corrected chi connectivity index (χ3v) is 7.00. The van der Waals surface area contributed by atoms with Gasteiger partial charge in [0.15, 0.2) is 0 Å². The minimum atomic E-state index is -3.71. The van der Waals surface area contributed by atoms with Gasteiger partial charge in [-0.1, -0.05) is 35.3 Å². The number of carbonyl (C=O) groups is 2. The smallest absolute Gasteiger partial charge is 0.242 e. The quantitative estimate of drug-likeness (QED) is 0.443. The lowest BCUT2D eigenvalue weighted by Gasteiger charge is -2.32. The molecule has 0 aliphatic heterocycles. The maximum absolute atomic E-state index is 13.4. The van der Waals surface area contributed by atoms with Gasteiger partial charge in [-0.15, -0.1) is 0 Å². The molecule has 0 saturated carbocycles. The molecule has 2 amide bonds. The molecule has 0 heterocycles. The molecule has 11 heteroatoms. The van der Waals surface area contributed by atoms with E-state index in [0.717, 1.165) is 10.6 Å². The fourth-order valence-corrected chi connectivity index (χ4v) is 4.91. The molecule has 0 fully saturated rings. The summed E-state index contributed by atoms with van der Waals surface area (Å²) in [6, 6.07) is 9.37. The van der Waals surface area contributed by atoms with Gasteiger partial charge in [-0.05, 0) is 70.0 Å². The highest BCUT2D eigenvalue weighted by molar-refractivity contribution is 7.92. The molecule has 0 saturated heterocycles. The average molecular weight is 561 g/mol. The number of anilines is 1. The Morgan fingerprint density at radius 2 is 1.69 bits per heavy atom. The van der Waals surface area contributed by atoms with Crippen molar-refractivity contribution in [3.8, 4) is 0 Å². The molecule has 2 aromatic carbocycles. The van der Waals surface area contributed by atoms with Gasteiger partial charge in [0.25, 0.3) is 0 Å². The summed E-state index contributed by atoms with van der Waals surface area (Å²) in [5, 5.41) is 3.40. The Hall–Kier alpha value is -2.36. The van der Waals surface area contributed by atoms with E-state index >= 15 is 0 Å². The first-order chi connectivity index (χ1) is 16.6. The Morgan fingerprint density at radius 3 is 2.25 bits per heavy atom. The van der Waals surface area contributed by atoms with Gasteiger partial charge in [0.05, 0.1) is 17.0 Å². The van der Waals surface area contributed by atoms with Crippen LogP contribution in [-0.2, 0) is 26.2 Å². The number of nitrogens with zero attached hydrogens (tertiary/aromatic N) is 2. The molecular formula is C25H32Cl2FN3O4S. The van der Waals surface area contributed by atoms with Crippen LogP contribution < -0.4 is 9.62 Å². The predicted molar refractivity (Wildman–Crippen MR) is 142 cm³/mol. The highest BCUT2D eigenvalue weighted by Gasteiger charge is 2.29. The van der Waals surface area contributed by atoms with Crippen LogP contribution in [0.1, 0.15) is 46.1 Å². The summed E-state index contributed by atoms with van der Waals surface area (Å²) in [7, 11) is -3.71. The molecule has 0 bridgehead atoms. The van der Waals surface area contributed by atoms with Crippen LogP contribution in [0.2, 0.25) is 10.0 Å². The van der Waals surface area contributed by atoms with Gasteiger partial charge in [0.2, 0.25) is 21.8 Å². The van der Waals surface area contributed by atoms with Crippen molar-refractivity contribution in [3.63, 3.8) is 0 Å². The summed E-state index contributed by atoms with van der Waals surface area (Å²) in [5.74, 6) is -1.08. The monoisotopic (exact) mass is 559 g/mol. The summed E-state index contributed by atoms with van der Waals surface area (Å²) in [6.45, 7) is 7.21. The van der Waals surface area contributed by atoms with E-state index in [2.05, 4.69) is 5.32 Å². The van der Waals surface area contributed by atoms with E-state index in [9.17, 15) is 22.4 Å². The summed E-state index contributed by atoms with van der Waals surface area (Å²) < 4.78 is 39.4. The van der Waals surface area contributed by atoms with Gasteiger partial charge >= 0.3 is 0 Å². The molecular weight excluding hydrogens is 528 g/mol. The van der Waals surface area contributed by atoms with Crippen molar-refractivity contribution in [1.82, 2.24) is 10.2 Å². The van der Waals surface area contributed by atoms with E-state index in [1.807, 2.05) is 20.8 Å². The second-order valence-corrected chi connectivity index (χ2v) is 12.3. The van der Waals surface area contributed by atoms with Crippen LogP contribution in [0.25, 0.3) is 0 Å². The van der Waals surface area contributed by atoms with Crippen molar-refractivity contribution in [2.24, 2.45) is 0 Å². The Morgan fingerprint density at radius 1 is 1.08 bits per heavy atom. The third-order valence-electron chi connectivity index (χ3n) is 5.26. The van der Waals surface area contributed by atoms with Gasteiger partial charge < -0.3 is 10.2 Å². The number of nitrogens with one attached hydrogen (secondary N) is 1. The maximum atomic E-state index is 13.4. The fourth-order valence-electron chi connectivity index (χ4n) is 3.50. The molecule has 0 aliphatic carbocycles. The highest BCUT2D eigenvalue weighted by Crippen LogP contribution is 2.31. The number of carbonyl (C=O) groups excluding carboxylic acids is 2. The summed E-state index contributed by atoms with van der Waals surface area (Å²) in [5.41, 5.74) is 0.381. The van der Waals surface area contributed by atoms with Crippen LogP contribution in [0, 0.1) is 5.82 Å². The minimum absolute atomic E-state index is 0.0163. The van der Waals surface area contributed by atoms with E-state index < -0.39 is 27.4 Å². The van der Waals surface area contributed by atoms with Crippen LogP contribution in [0.4, 0.5) is 10.1 Å². The summed E-state index contributed by atoms with van der Waals surface area (Å²) in [6.07, 6.45) is 1.19. The molecule has 7 nitrogen and oxygen atoms in total. The van der Waals surface area contributed by atoms with Crippen molar-refractivity contribution in [2.45, 2.75) is 58.7 Å². The van der Waals surface area contributed by atoms with Gasteiger partial charge in [0.1, 0.15) is 11.9 Å². The van der Waals surface area contributed by atoms with Crippen LogP contribution >= 0.6 is 23.2 Å². The first-order valence-electron chi connectivity index (χ1n) is 11.4. The van der Waals surface area contributed by atoms with Crippen molar-refractivity contribution in [1.29, 1.82) is 0 Å². The van der Waals surface area contributed by atoms with Crippen molar-refractivity contribution >= 4 is 50.7 Å². The zero-order valence-corrected chi connectivity index (χ0v) is 23.3. The minimum Gasteiger partial charge on any atom is -0.350 e. The molecule has 2 rings (SSSR count). The zero-order chi connectivity index (χ0) is 27.3. The van der Waals surface area contributed by atoms with Crippen molar-refractivity contribution in [3.05, 3.63) is 63.9 Å². The SMILES string of the molecule is CC(C(=O)NC(C)(C)C)N(Cc1ccc(F)cc1)C(=O)CCCN(c1cc(Cl)ccc1Cl)S(C)(=O)=O. The number of rotatable bonds is 10. The molecule has 0 radical (unpaired) electrons. The largest absolute Gasteiger partial charge is 0.350 e. The van der Waals surface area contributed by atoms with Gasteiger partial charge in [-0.3, -0.25) is 13.9 Å². The number of sulfonamides is 1. The highest BCUT2D eigenvalue weighted by atomic mass is 35.5. The molecule has 1 N–H and O–H groups in total. The van der Waals surface area contributed by atoms with Gasteiger partial charge in [0, 0.05) is 30.1 Å². The molecule has 2 aromatic rings. The molecule has 198 valence electrons. The average Bonchev–Trinajstić information content (AvgIpc) is 2.75. The molecule has 1 atom stereocenters. The number of amides is 2. The Kier molecular flexibility index (Phi) is 10.2. The van der Waals surface area contributed by atoms with Gasteiger partial charge in [-0.25, -0.2) is 12.8 Å². The zero-order valence-electron chi connectivity index (χ0n) is 21.0. The predicted octanol–water partition coefficient (Wildman–Crippen LogP) is 5.01. The molecule has 1 unspecified atom stereocenters. The number of halogens is 3.